The predicted octanol–water partition coefficient (Wildman–Crippen LogP) is 2.92. The number of rotatable bonds is 9. The fraction of sp³-hybridized carbons (Fsp3) is 0.455. The van der Waals surface area contributed by atoms with Crippen molar-refractivity contribution in [2.75, 3.05) is 37.2 Å². The molecule has 206 valence electrons. The summed E-state index contributed by atoms with van der Waals surface area (Å²) < 4.78 is 59.8. The SMILES string of the molecule is CS(=O)Nc1cc(C(F)(F)F)c(C(=O)NC[C@@H](O)CN2CCC(Oc3ccc(Cl)c(Cl)c3)CC2)cn1.O. The standard InChI is InChI=1S/C22H25Cl2F3N4O4S.H2O/c1-36(34)30-20-9-17(22(25,26)27)16(11-28-20)21(33)29-10-13(32)12-31-6-4-14(5-7-31)35-15-2-3-18(23)19(24)8-15;/h2-3,8-9,11,13-14,32H,4-7,10,12H2,1H3,(H,28,30)(H,29,33);1H2/t13-,36?;/m1./s1. The molecule has 1 aromatic carbocycles. The van der Waals surface area contributed by atoms with Crippen LogP contribution in [-0.2, 0) is 17.2 Å². The summed E-state index contributed by atoms with van der Waals surface area (Å²) in [5, 5.41) is 13.5. The molecule has 0 saturated carbocycles. The van der Waals surface area contributed by atoms with Gasteiger partial charge in [-0.05, 0) is 31.0 Å². The fourth-order valence-corrected chi connectivity index (χ4v) is 4.39. The Labute approximate surface area is 224 Å². The quantitative estimate of drug-likeness (QED) is 0.413. The van der Waals surface area contributed by atoms with Crippen molar-refractivity contribution in [2.24, 2.45) is 0 Å². The minimum Gasteiger partial charge on any atom is -0.490 e. The number of halogens is 5. The van der Waals surface area contributed by atoms with Gasteiger partial charge in [0.25, 0.3) is 5.91 Å². The lowest BCUT2D eigenvalue weighted by atomic mass is 10.1. The predicted molar refractivity (Wildman–Crippen MR) is 135 cm³/mol. The first-order valence-electron chi connectivity index (χ1n) is 10.9. The molecule has 1 unspecified atom stereocenters. The number of carbonyl (C=O) groups excluding carboxylic acids is 1. The number of likely N-dealkylation sites (tertiary alicyclic amines) is 1. The van der Waals surface area contributed by atoms with Gasteiger partial charge in [0.05, 0.1) is 27.3 Å². The van der Waals surface area contributed by atoms with Crippen molar-refractivity contribution in [3.05, 3.63) is 51.6 Å². The van der Waals surface area contributed by atoms with Crippen molar-refractivity contribution in [1.29, 1.82) is 0 Å². The zero-order chi connectivity index (χ0) is 26.5. The largest absolute Gasteiger partial charge is 0.490 e. The maximum Gasteiger partial charge on any atom is 0.417 e. The Hall–Kier alpha value is -2.16. The van der Waals surface area contributed by atoms with Gasteiger partial charge in [0.15, 0.2) is 0 Å². The maximum atomic E-state index is 13.5. The number of benzene rings is 1. The molecule has 5 N–H and O–H groups in total. The highest BCUT2D eigenvalue weighted by molar-refractivity contribution is 7.85. The number of aromatic nitrogens is 1. The van der Waals surface area contributed by atoms with Crippen LogP contribution in [-0.4, -0.2) is 75.2 Å². The molecule has 9 nitrogen and oxygen atoms in total. The Balaban J connectivity index is 0.00000481. The van der Waals surface area contributed by atoms with E-state index in [1.165, 1.54) is 6.26 Å². The summed E-state index contributed by atoms with van der Waals surface area (Å²) in [6, 6.07) is 5.67. The van der Waals surface area contributed by atoms with E-state index in [4.69, 9.17) is 27.9 Å². The average molecular weight is 587 g/mol. The molecule has 1 amide bonds. The molecular formula is C22H27Cl2F3N4O5S. The molecule has 0 radical (unpaired) electrons. The molecule has 0 bridgehead atoms. The van der Waals surface area contributed by atoms with Crippen LogP contribution in [0.1, 0.15) is 28.8 Å². The van der Waals surface area contributed by atoms with Crippen LogP contribution < -0.4 is 14.8 Å². The lowest BCUT2D eigenvalue weighted by Gasteiger charge is -2.33. The van der Waals surface area contributed by atoms with Crippen LogP contribution in [0.25, 0.3) is 0 Å². The van der Waals surface area contributed by atoms with Crippen molar-refractivity contribution in [2.45, 2.75) is 31.2 Å². The smallest absolute Gasteiger partial charge is 0.417 e. The van der Waals surface area contributed by atoms with E-state index in [0.29, 0.717) is 47.8 Å². The number of hydrogen-bond acceptors (Lipinski definition) is 6. The maximum absolute atomic E-state index is 13.5. The number of hydrogen-bond donors (Lipinski definition) is 3. The van der Waals surface area contributed by atoms with E-state index in [-0.39, 0.29) is 30.5 Å². The number of ether oxygens (including phenoxy) is 1. The number of pyridine rings is 1. The summed E-state index contributed by atoms with van der Waals surface area (Å²) in [7, 11) is -1.63. The Morgan fingerprint density at radius 3 is 2.54 bits per heavy atom. The second-order valence-corrected chi connectivity index (χ2v) is 10.2. The van der Waals surface area contributed by atoms with Gasteiger partial charge in [0.1, 0.15) is 28.7 Å². The Bertz CT molecular complexity index is 1100. The summed E-state index contributed by atoms with van der Waals surface area (Å²) in [4.78, 5) is 18.1. The van der Waals surface area contributed by atoms with Gasteiger partial charge in [0, 0.05) is 44.7 Å². The molecule has 0 spiro atoms. The van der Waals surface area contributed by atoms with Crippen LogP contribution in [0, 0.1) is 0 Å². The molecule has 37 heavy (non-hydrogen) atoms. The van der Waals surface area contributed by atoms with E-state index in [0.717, 1.165) is 6.20 Å². The number of nitrogens with zero attached hydrogens (tertiary/aromatic N) is 2. The highest BCUT2D eigenvalue weighted by atomic mass is 35.5. The van der Waals surface area contributed by atoms with Crippen molar-refractivity contribution in [3.8, 4) is 5.75 Å². The van der Waals surface area contributed by atoms with Crippen molar-refractivity contribution in [3.63, 3.8) is 0 Å². The van der Waals surface area contributed by atoms with Crippen LogP contribution in [0.5, 0.6) is 5.75 Å². The molecule has 2 atom stereocenters. The number of piperidine rings is 1. The number of nitrogens with one attached hydrogen (secondary N) is 2. The van der Waals surface area contributed by atoms with Crippen molar-refractivity contribution < 1.29 is 37.5 Å². The van der Waals surface area contributed by atoms with Gasteiger partial charge in [-0.15, -0.1) is 0 Å². The van der Waals surface area contributed by atoms with E-state index < -0.39 is 40.3 Å². The first-order chi connectivity index (χ1) is 16.9. The zero-order valence-corrected chi connectivity index (χ0v) is 22.0. The molecule has 0 aliphatic carbocycles. The number of β-amino-alcohol motifs (C(OH)–C–C–N with tert-alkyl or cyclic N) is 1. The van der Waals surface area contributed by atoms with Crippen LogP contribution in [0.3, 0.4) is 0 Å². The lowest BCUT2D eigenvalue weighted by Crippen LogP contribution is -2.45. The van der Waals surface area contributed by atoms with Gasteiger partial charge >= 0.3 is 6.18 Å². The van der Waals surface area contributed by atoms with Crippen LogP contribution in [0.2, 0.25) is 10.0 Å². The number of alkyl halides is 3. The Kier molecular flexibility index (Phi) is 11.4. The second kappa shape index (κ2) is 13.6. The minimum absolute atomic E-state index is 0. The Morgan fingerprint density at radius 1 is 1.27 bits per heavy atom. The van der Waals surface area contributed by atoms with Crippen LogP contribution in [0.15, 0.2) is 30.5 Å². The molecule has 1 aliphatic heterocycles. The zero-order valence-electron chi connectivity index (χ0n) is 19.6. The molecular weight excluding hydrogens is 560 g/mol. The third-order valence-corrected chi connectivity index (χ3v) is 6.63. The van der Waals surface area contributed by atoms with Crippen molar-refractivity contribution in [1.82, 2.24) is 15.2 Å². The molecule has 1 saturated heterocycles. The van der Waals surface area contributed by atoms with Gasteiger partial charge in [-0.3, -0.25) is 9.52 Å². The number of carbonyl (C=O) groups is 1. The first kappa shape index (κ1) is 31.1. The molecule has 15 heteroatoms. The van der Waals surface area contributed by atoms with Gasteiger partial charge < -0.3 is 25.5 Å². The van der Waals surface area contributed by atoms with E-state index in [1.54, 1.807) is 18.2 Å². The Morgan fingerprint density at radius 2 is 1.95 bits per heavy atom. The van der Waals surface area contributed by atoms with Crippen molar-refractivity contribution >= 4 is 45.9 Å². The monoisotopic (exact) mass is 586 g/mol. The van der Waals surface area contributed by atoms with E-state index >= 15 is 0 Å². The van der Waals surface area contributed by atoms with E-state index in [2.05, 4.69) is 15.0 Å². The van der Waals surface area contributed by atoms with Crippen LogP contribution >= 0.6 is 23.2 Å². The molecule has 2 heterocycles. The summed E-state index contributed by atoms with van der Waals surface area (Å²) in [6.45, 7) is 1.25. The second-order valence-electron chi connectivity index (χ2n) is 8.23. The average Bonchev–Trinajstić information content (AvgIpc) is 2.80. The highest BCUT2D eigenvalue weighted by Gasteiger charge is 2.36. The lowest BCUT2D eigenvalue weighted by molar-refractivity contribution is -0.137. The van der Waals surface area contributed by atoms with Gasteiger partial charge in [-0.25, -0.2) is 9.19 Å². The molecule has 3 rings (SSSR count). The molecule has 1 aromatic heterocycles. The first-order valence-corrected chi connectivity index (χ1v) is 13.2. The van der Waals surface area contributed by atoms with Crippen LogP contribution in [0.4, 0.5) is 19.0 Å². The van der Waals surface area contributed by atoms with E-state index in [9.17, 15) is 27.3 Å². The number of aliphatic hydroxyl groups is 1. The fourth-order valence-electron chi connectivity index (χ4n) is 3.69. The highest BCUT2D eigenvalue weighted by Crippen LogP contribution is 2.33. The molecule has 1 aliphatic rings. The third kappa shape index (κ3) is 9.27. The summed E-state index contributed by atoms with van der Waals surface area (Å²) >= 11 is 11.9. The number of amides is 1. The number of anilines is 1. The topological polar surface area (TPSA) is 135 Å². The summed E-state index contributed by atoms with van der Waals surface area (Å²) in [5.74, 6) is -0.678. The summed E-state index contributed by atoms with van der Waals surface area (Å²) in [5.41, 5.74) is -1.91. The normalized spacial score (nSPS) is 16.4. The molecule has 1 fully saturated rings. The molecule has 2 aromatic rings. The third-order valence-electron chi connectivity index (χ3n) is 5.40. The summed E-state index contributed by atoms with van der Waals surface area (Å²) in [6.07, 6.45) is -2.46. The van der Waals surface area contributed by atoms with E-state index in [1.807, 2.05) is 4.90 Å². The van der Waals surface area contributed by atoms with Gasteiger partial charge in [-0.2, -0.15) is 13.2 Å². The minimum atomic E-state index is -4.83. The van der Waals surface area contributed by atoms with Gasteiger partial charge in [-0.1, -0.05) is 23.2 Å². The van der Waals surface area contributed by atoms with Gasteiger partial charge in [0.2, 0.25) is 0 Å². The number of aliphatic hydroxyl groups excluding tert-OH is 1.